The number of nitrogens with one attached hydrogen (secondary N) is 1. The van der Waals surface area contributed by atoms with Crippen molar-refractivity contribution in [3.05, 3.63) is 57.6 Å². The lowest BCUT2D eigenvalue weighted by Crippen LogP contribution is -2.22. The second kappa shape index (κ2) is 9.36. The molecule has 0 aliphatic rings. The van der Waals surface area contributed by atoms with Gasteiger partial charge in [-0.3, -0.25) is 14.9 Å². The summed E-state index contributed by atoms with van der Waals surface area (Å²) in [5.41, 5.74) is 0.525. The zero-order valence-corrected chi connectivity index (χ0v) is 15.7. The summed E-state index contributed by atoms with van der Waals surface area (Å²) in [6.45, 7) is 3.20. The number of nitro benzene ring substituents is 1. The minimum absolute atomic E-state index is 0.0663. The number of hydrogen-bond donors (Lipinski definition) is 1. The second-order valence-electron chi connectivity index (χ2n) is 5.65. The summed E-state index contributed by atoms with van der Waals surface area (Å²) in [4.78, 5) is 34.8. The zero-order valence-electron chi connectivity index (χ0n) is 15.7. The van der Waals surface area contributed by atoms with Crippen molar-refractivity contribution in [2.75, 3.05) is 25.6 Å². The Labute approximate surface area is 161 Å². The quantitative estimate of drug-likeness (QED) is 0.419. The number of rotatable bonds is 8. The Morgan fingerprint density at radius 2 is 1.93 bits per heavy atom. The third-order valence-corrected chi connectivity index (χ3v) is 3.75. The first-order valence-electron chi connectivity index (χ1n) is 8.39. The number of anilines is 1. The number of amides is 1. The van der Waals surface area contributed by atoms with E-state index in [1.807, 2.05) is 0 Å². The third kappa shape index (κ3) is 4.97. The predicted molar refractivity (Wildman–Crippen MR) is 101 cm³/mol. The maximum absolute atomic E-state index is 12.2. The van der Waals surface area contributed by atoms with Crippen LogP contribution in [0.4, 0.5) is 11.4 Å². The highest BCUT2D eigenvalue weighted by atomic mass is 16.6. The van der Waals surface area contributed by atoms with Crippen molar-refractivity contribution in [2.24, 2.45) is 0 Å². The molecule has 0 saturated heterocycles. The molecule has 0 saturated carbocycles. The second-order valence-corrected chi connectivity index (χ2v) is 5.65. The van der Waals surface area contributed by atoms with Gasteiger partial charge < -0.3 is 19.5 Å². The third-order valence-electron chi connectivity index (χ3n) is 3.75. The van der Waals surface area contributed by atoms with E-state index in [1.165, 1.54) is 31.4 Å². The van der Waals surface area contributed by atoms with E-state index in [-0.39, 0.29) is 16.9 Å². The van der Waals surface area contributed by atoms with E-state index in [9.17, 15) is 19.7 Å². The summed E-state index contributed by atoms with van der Waals surface area (Å²) in [7, 11) is 1.48. The van der Waals surface area contributed by atoms with Gasteiger partial charge in [-0.2, -0.15) is 0 Å². The molecule has 2 rings (SSSR count). The monoisotopic (exact) mass is 388 g/mol. The highest BCUT2D eigenvalue weighted by Gasteiger charge is 2.19. The normalized spacial score (nSPS) is 10.1. The Hall–Kier alpha value is -3.62. The lowest BCUT2D eigenvalue weighted by atomic mass is 10.1. The van der Waals surface area contributed by atoms with Crippen LogP contribution >= 0.6 is 0 Å². The molecule has 0 heterocycles. The maximum Gasteiger partial charge on any atom is 0.338 e. The standard InChI is InChI=1S/C19H20N2O7/c1-4-27-16-10-13(8-9-15(16)26-3)19(23)28-11-17(22)20-18-12(2)6-5-7-14(18)21(24)25/h5-10H,4,11H2,1-3H3,(H,20,22). The van der Waals surface area contributed by atoms with Crippen LogP contribution in [0.15, 0.2) is 36.4 Å². The van der Waals surface area contributed by atoms with Crippen LogP contribution in [0, 0.1) is 17.0 Å². The van der Waals surface area contributed by atoms with Gasteiger partial charge in [-0.05, 0) is 37.6 Å². The molecule has 0 aromatic heterocycles. The average molecular weight is 388 g/mol. The van der Waals surface area contributed by atoms with Crippen molar-refractivity contribution in [1.29, 1.82) is 0 Å². The Morgan fingerprint density at radius 1 is 1.18 bits per heavy atom. The molecule has 2 aromatic carbocycles. The van der Waals surface area contributed by atoms with Crippen LogP contribution in [-0.4, -0.2) is 37.1 Å². The Balaban J connectivity index is 2.05. The first-order valence-corrected chi connectivity index (χ1v) is 8.39. The topological polar surface area (TPSA) is 117 Å². The van der Waals surface area contributed by atoms with Crippen molar-refractivity contribution < 1.29 is 28.7 Å². The molecular formula is C19H20N2O7. The highest BCUT2D eigenvalue weighted by molar-refractivity contribution is 5.97. The number of ether oxygens (including phenoxy) is 3. The average Bonchev–Trinajstić information content (AvgIpc) is 2.67. The molecule has 9 nitrogen and oxygen atoms in total. The van der Waals surface area contributed by atoms with Crippen LogP contribution in [0.3, 0.4) is 0 Å². The van der Waals surface area contributed by atoms with E-state index >= 15 is 0 Å². The van der Waals surface area contributed by atoms with Gasteiger partial charge in [0.05, 0.1) is 24.2 Å². The van der Waals surface area contributed by atoms with E-state index in [0.29, 0.717) is 23.7 Å². The van der Waals surface area contributed by atoms with Gasteiger partial charge in [0.25, 0.3) is 11.6 Å². The van der Waals surface area contributed by atoms with Gasteiger partial charge in [0.1, 0.15) is 5.69 Å². The molecule has 2 aromatic rings. The zero-order chi connectivity index (χ0) is 20.7. The molecule has 9 heteroatoms. The number of carbonyl (C=O) groups is 2. The number of nitrogens with zero attached hydrogens (tertiary/aromatic N) is 1. The van der Waals surface area contributed by atoms with E-state index in [1.54, 1.807) is 26.0 Å². The molecule has 0 aliphatic heterocycles. The van der Waals surface area contributed by atoms with Gasteiger partial charge in [-0.15, -0.1) is 0 Å². The van der Waals surface area contributed by atoms with Crippen LogP contribution in [-0.2, 0) is 9.53 Å². The van der Waals surface area contributed by atoms with Crippen molar-refractivity contribution in [3.8, 4) is 11.5 Å². The molecule has 148 valence electrons. The minimum atomic E-state index is -0.738. The first kappa shape index (κ1) is 20.7. The molecule has 0 unspecified atom stereocenters. The molecule has 1 amide bonds. The van der Waals surface area contributed by atoms with Crippen LogP contribution in [0.25, 0.3) is 0 Å². The fraction of sp³-hybridized carbons (Fsp3) is 0.263. The highest BCUT2D eigenvalue weighted by Crippen LogP contribution is 2.29. The molecule has 0 radical (unpaired) electrons. The van der Waals surface area contributed by atoms with Gasteiger partial charge in [-0.1, -0.05) is 12.1 Å². The SMILES string of the molecule is CCOc1cc(C(=O)OCC(=O)Nc2c(C)cccc2[N+](=O)[O-])ccc1OC. The fourth-order valence-electron chi connectivity index (χ4n) is 2.43. The molecule has 28 heavy (non-hydrogen) atoms. The number of para-hydroxylation sites is 1. The van der Waals surface area contributed by atoms with E-state index in [2.05, 4.69) is 5.32 Å². The van der Waals surface area contributed by atoms with Gasteiger partial charge in [0, 0.05) is 6.07 Å². The summed E-state index contributed by atoms with van der Waals surface area (Å²) in [5, 5.41) is 13.5. The van der Waals surface area contributed by atoms with E-state index in [0.717, 1.165) is 0 Å². The number of nitro groups is 1. The number of carbonyl (C=O) groups excluding carboxylic acids is 2. The summed E-state index contributed by atoms with van der Waals surface area (Å²) >= 11 is 0. The molecule has 0 fully saturated rings. The van der Waals surface area contributed by atoms with Crippen LogP contribution in [0.2, 0.25) is 0 Å². The molecule has 0 atom stereocenters. The summed E-state index contributed by atoms with van der Waals surface area (Å²) < 4.78 is 15.5. The first-order chi connectivity index (χ1) is 13.4. The largest absolute Gasteiger partial charge is 0.493 e. The smallest absolute Gasteiger partial charge is 0.338 e. The van der Waals surface area contributed by atoms with Gasteiger partial charge in [0.15, 0.2) is 18.1 Å². The van der Waals surface area contributed by atoms with Crippen LogP contribution in [0.5, 0.6) is 11.5 Å². The van der Waals surface area contributed by atoms with Gasteiger partial charge in [-0.25, -0.2) is 4.79 Å². The fourth-order valence-corrected chi connectivity index (χ4v) is 2.43. The number of benzene rings is 2. The lowest BCUT2D eigenvalue weighted by molar-refractivity contribution is -0.384. The van der Waals surface area contributed by atoms with Crippen LogP contribution < -0.4 is 14.8 Å². The predicted octanol–water partition coefficient (Wildman–Crippen LogP) is 3.11. The van der Waals surface area contributed by atoms with E-state index < -0.39 is 23.4 Å². The lowest BCUT2D eigenvalue weighted by Gasteiger charge is -2.11. The number of aryl methyl sites for hydroxylation is 1. The molecule has 0 bridgehead atoms. The maximum atomic E-state index is 12.2. The molecular weight excluding hydrogens is 368 g/mol. The molecule has 0 spiro atoms. The van der Waals surface area contributed by atoms with Crippen molar-refractivity contribution in [3.63, 3.8) is 0 Å². The van der Waals surface area contributed by atoms with Crippen LogP contribution in [0.1, 0.15) is 22.8 Å². The summed E-state index contributed by atoms with van der Waals surface area (Å²) in [6.07, 6.45) is 0. The number of hydrogen-bond acceptors (Lipinski definition) is 7. The summed E-state index contributed by atoms with van der Waals surface area (Å²) in [6, 6.07) is 8.91. The molecule has 1 N–H and O–H groups in total. The van der Waals surface area contributed by atoms with Crippen molar-refractivity contribution in [1.82, 2.24) is 0 Å². The van der Waals surface area contributed by atoms with Crippen molar-refractivity contribution in [2.45, 2.75) is 13.8 Å². The minimum Gasteiger partial charge on any atom is -0.493 e. The Bertz CT molecular complexity index is 896. The van der Waals surface area contributed by atoms with Gasteiger partial charge >= 0.3 is 5.97 Å². The van der Waals surface area contributed by atoms with Crippen molar-refractivity contribution >= 4 is 23.3 Å². The number of esters is 1. The molecule has 0 aliphatic carbocycles. The Kier molecular flexibility index (Phi) is 6.91. The van der Waals surface area contributed by atoms with E-state index in [4.69, 9.17) is 14.2 Å². The Morgan fingerprint density at radius 3 is 2.57 bits per heavy atom. The van der Waals surface area contributed by atoms with Gasteiger partial charge in [0.2, 0.25) is 0 Å². The number of methoxy groups -OCH3 is 1. The summed E-state index contributed by atoms with van der Waals surface area (Å²) in [5.74, 6) is -0.593.